The highest BCUT2D eigenvalue weighted by Gasteiger charge is 2.36. The van der Waals surface area contributed by atoms with Crippen molar-refractivity contribution in [1.29, 1.82) is 0 Å². The monoisotopic (exact) mass is 361 g/mol. The Hall–Kier alpha value is -1.78. The molecule has 1 aliphatic rings. The van der Waals surface area contributed by atoms with Crippen LogP contribution in [0, 0.1) is 26.2 Å². The smallest absolute Gasteiger partial charge is 0.255 e. The van der Waals surface area contributed by atoms with Crippen LogP contribution < -0.4 is 5.73 Å². The van der Waals surface area contributed by atoms with Crippen LogP contribution >= 0.6 is 12.4 Å². The van der Waals surface area contributed by atoms with E-state index in [1.165, 1.54) is 5.56 Å². The van der Waals surface area contributed by atoms with Gasteiger partial charge in [-0.05, 0) is 56.8 Å². The number of hydrogen-bond donors (Lipinski definition) is 1. The molecule has 25 heavy (non-hydrogen) atoms. The van der Waals surface area contributed by atoms with Gasteiger partial charge in [0.15, 0.2) is 0 Å². The Balaban J connectivity index is 0.00000225. The normalized spacial score (nSPS) is 19.8. The maximum Gasteiger partial charge on any atom is 0.255 e. The lowest BCUT2D eigenvalue weighted by Gasteiger charge is -2.22. The number of hydrogen-bond acceptors (Lipinski definition) is 2. The molecule has 4 nitrogen and oxygen atoms in total. The number of para-hydroxylation sites is 1. The Morgan fingerprint density at radius 1 is 1.24 bits per heavy atom. The molecule has 1 saturated heterocycles. The summed E-state index contributed by atoms with van der Waals surface area (Å²) in [6.45, 7) is 10.5. The van der Waals surface area contributed by atoms with Crippen molar-refractivity contribution in [2.24, 2.45) is 11.1 Å². The third-order valence-electron chi connectivity index (χ3n) is 5.36. The summed E-state index contributed by atoms with van der Waals surface area (Å²) in [7, 11) is 0. The highest BCUT2D eigenvalue weighted by molar-refractivity contribution is 5.96. The number of benzene rings is 1. The number of likely N-dealkylation sites (tertiary alicyclic amines) is 1. The first-order chi connectivity index (χ1) is 11.4. The molecule has 1 aromatic carbocycles. The molecule has 5 heteroatoms. The van der Waals surface area contributed by atoms with E-state index in [1.807, 2.05) is 30.0 Å². The Morgan fingerprint density at radius 3 is 2.52 bits per heavy atom. The fourth-order valence-electron chi connectivity index (χ4n) is 3.70. The molecule has 1 aromatic heterocycles. The molecule has 1 atom stereocenters. The van der Waals surface area contributed by atoms with Crippen LogP contribution in [-0.4, -0.2) is 35.0 Å². The van der Waals surface area contributed by atoms with Gasteiger partial charge in [0, 0.05) is 30.2 Å². The van der Waals surface area contributed by atoms with E-state index < -0.39 is 0 Å². The van der Waals surface area contributed by atoms with Crippen LogP contribution in [0.2, 0.25) is 0 Å². The lowest BCUT2D eigenvalue weighted by atomic mass is 9.90. The predicted molar refractivity (Wildman–Crippen MR) is 105 cm³/mol. The van der Waals surface area contributed by atoms with Gasteiger partial charge in [-0.25, -0.2) is 0 Å². The number of aryl methyl sites for hydroxylation is 2. The minimum atomic E-state index is 0. The quantitative estimate of drug-likeness (QED) is 0.907. The predicted octanol–water partition coefficient (Wildman–Crippen LogP) is 3.64. The van der Waals surface area contributed by atoms with Gasteiger partial charge in [-0.1, -0.05) is 25.1 Å². The Bertz CT molecular complexity index is 783. The van der Waals surface area contributed by atoms with Crippen molar-refractivity contribution in [1.82, 2.24) is 9.47 Å². The van der Waals surface area contributed by atoms with E-state index in [0.717, 1.165) is 42.1 Å². The third-order valence-corrected chi connectivity index (χ3v) is 5.36. The molecule has 0 aliphatic carbocycles. The van der Waals surface area contributed by atoms with Crippen LogP contribution in [0.4, 0.5) is 0 Å². The summed E-state index contributed by atoms with van der Waals surface area (Å²) in [4.78, 5) is 15.0. The second-order valence-electron chi connectivity index (χ2n) is 7.40. The average molecular weight is 362 g/mol. The van der Waals surface area contributed by atoms with Crippen molar-refractivity contribution in [3.05, 3.63) is 52.8 Å². The van der Waals surface area contributed by atoms with Crippen molar-refractivity contribution in [3.63, 3.8) is 0 Å². The summed E-state index contributed by atoms with van der Waals surface area (Å²) in [6.07, 6.45) is 0.978. The summed E-state index contributed by atoms with van der Waals surface area (Å²) in [5.74, 6) is 0.125. The molecule has 2 N–H and O–H groups in total. The summed E-state index contributed by atoms with van der Waals surface area (Å²) in [5.41, 5.74) is 11.2. The molecular weight excluding hydrogens is 334 g/mol. The minimum absolute atomic E-state index is 0. The standard InChI is InChI=1S/C20H27N3O.ClH/c1-14-7-5-6-8-18(14)23-15(2)11-17(16(23)3)19(24)22-10-9-20(4,12-21)13-22;/h5-8,11H,9-10,12-13,21H2,1-4H3;1H. The maximum absolute atomic E-state index is 13.0. The minimum Gasteiger partial charge on any atom is -0.338 e. The van der Waals surface area contributed by atoms with Gasteiger partial charge < -0.3 is 15.2 Å². The first-order valence-electron chi connectivity index (χ1n) is 8.60. The summed E-state index contributed by atoms with van der Waals surface area (Å²) >= 11 is 0. The SMILES string of the molecule is Cc1ccccc1-n1c(C)cc(C(=O)N2CCC(C)(CN)C2)c1C.Cl. The van der Waals surface area contributed by atoms with Gasteiger partial charge in [0.05, 0.1) is 5.56 Å². The van der Waals surface area contributed by atoms with Gasteiger partial charge in [-0.15, -0.1) is 12.4 Å². The summed E-state index contributed by atoms with van der Waals surface area (Å²) in [5, 5.41) is 0. The van der Waals surface area contributed by atoms with Gasteiger partial charge in [-0.2, -0.15) is 0 Å². The van der Waals surface area contributed by atoms with Crippen molar-refractivity contribution < 1.29 is 4.79 Å². The molecule has 0 spiro atoms. The van der Waals surface area contributed by atoms with Crippen LogP contribution in [0.25, 0.3) is 5.69 Å². The number of carbonyl (C=O) groups is 1. The second kappa shape index (κ2) is 7.22. The number of amides is 1. The van der Waals surface area contributed by atoms with E-state index in [-0.39, 0.29) is 23.7 Å². The topological polar surface area (TPSA) is 51.3 Å². The number of nitrogens with two attached hydrogens (primary N) is 1. The number of aromatic nitrogens is 1. The van der Waals surface area contributed by atoms with Gasteiger partial charge >= 0.3 is 0 Å². The molecule has 2 aromatic rings. The highest BCUT2D eigenvalue weighted by Crippen LogP contribution is 2.31. The molecule has 0 bridgehead atoms. The zero-order valence-electron chi connectivity index (χ0n) is 15.5. The van der Waals surface area contributed by atoms with Gasteiger partial charge in [0.2, 0.25) is 0 Å². The van der Waals surface area contributed by atoms with Crippen LogP contribution in [-0.2, 0) is 0 Å². The van der Waals surface area contributed by atoms with Gasteiger partial charge in [0.1, 0.15) is 0 Å². The molecule has 1 amide bonds. The number of carbonyl (C=O) groups excluding carboxylic acids is 1. The Kier molecular flexibility index (Phi) is 5.65. The molecule has 1 fully saturated rings. The molecule has 1 unspecified atom stereocenters. The van der Waals surface area contributed by atoms with Crippen molar-refractivity contribution in [2.45, 2.75) is 34.1 Å². The second-order valence-corrected chi connectivity index (χ2v) is 7.40. The van der Waals surface area contributed by atoms with E-state index >= 15 is 0 Å². The van der Waals surface area contributed by atoms with E-state index in [9.17, 15) is 4.79 Å². The lowest BCUT2D eigenvalue weighted by Crippen LogP contribution is -2.34. The van der Waals surface area contributed by atoms with Gasteiger partial charge in [-0.3, -0.25) is 4.79 Å². The van der Waals surface area contributed by atoms with Crippen molar-refractivity contribution in [3.8, 4) is 5.69 Å². The Labute approximate surface area is 156 Å². The summed E-state index contributed by atoms with van der Waals surface area (Å²) in [6, 6.07) is 10.3. The largest absolute Gasteiger partial charge is 0.338 e. The molecular formula is C20H28ClN3O. The van der Waals surface area contributed by atoms with Crippen LogP contribution in [0.15, 0.2) is 30.3 Å². The molecule has 0 radical (unpaired) electrons. The lowest BCUT2D eigenvalue weighted by molar-refractivity contribution is 0.0776. The van der Waals surface area contributed by atoms with Crippen LogP contribution in [0.1, 0.15) is 40.7 Å². The van der Waals surface area contributed by atoms with E-state index in [4.69, 9.17) is 5.73 Å². The number of halogens is 1. The number of rotatable bonds is 3. The van der Waals surface area contributed by atoms with E-state index in [0.29, 0.717) is 6.54 Å². The zero-order valence-corrected chi connectivity index (χ0v) is 16.3. The molecule has 2 heterocycles. The van der Waals surface area contributed by atoms with Crippen molar-refractivity contribution in [2.75, 3.05) is 19.6 Å². The highest BCUT2D eigenvalue weighted by atomic mass is 35.5. The molecule has 136 valence electrons. The molecule has 1 aliphatic heterocycles. The van der Waals surface area contributed by atoms with Crippen LogP contribution in [0.5, 0.6) is 0 Å². The number of nitrogens with zero attached hydrogens (tertiary/aromatic N) is 2. The third kappa shape index (κ3) is 3.46. The maximum atomic E-state index is 13.0. The van der Waals surface area contributed by atoms with E-state index in [2.05, 4.69) is 37.5 Å². The Morgan fingerprint density at radius 2 is 1.92 bits per heavy atom. The molecule has 3 rings (SSSR count). The van der Waals surface area contributed by atoms with E-state index in [1.54, 1.807) is 0 Å². The summed E-state index contributed by atoms with van der Waals surface area (Å²) < 4.78 is 2.18. The van der Waals surface area contributed by atoms with Crippen molar-refractivity contribution >= 4 is 18.3 Å². The zero-order chi connectivity index (χ0) is 17.5. The first kappa shape index (κ1) is 19.5. The van der Waals surface area contributed by atoms with Gasteiger partial charge in [0.25, 0.3) is 5.91 Å². The molecule has 0 saturated carbocycles. The van der Waals surface area contributed by atoms with Crippen LogP contribution in [0.3, 0.4) is 0 Å². The average Bonchev–Trinajstić information content (AvgIpc) is 3.09. The fraction of sp³-hybridized carbons (Fsp3) is 0.450. The fourth-order valence-corrected chi connectivity index (χ4v) is 3.70. The first-order valence-corrected chi connectivity index (χ1v) is 8.60.